The van der Waals surface area contributed by atoms with Crippen molar-refractivity contribution >= 4 is 5.69 Å². The molecule has 1 N–H and O–H groups in total. The summed E-state index contributed by atoms with van der Waals surface area (Å²) in [6.45, 7) is 3.72. The fraction of sp³-hybridized carbons (Fsp3) is 0.444. The maximum Gasteiger partial charge on any atom is 0.0811 e. The van der Waals surface area contributed by atoms with E-state index in [1.807, 2.05) is 12.1 Å². The molecule has 1 aliphatic rings. The van der Waals surface area contributed by atoms with Gasteiger partial charge < -0.3 is 10.1 Å². The topological polar surface area (TPSA) is 34.2 Å². The van der Waals surface area contributed by atoms with Crippen molar-refractivity contribution in [2.75, 3.05) is 18.5 Å². The standard InChI is InChI=1S/C9H12N2O/c1-9(6-12-7-9)11-8-2-4-10-5-3-8/h2-5H,6-7H2,1H3,(H,10,11). The number of pyridine rings is 1. The summed E-state index contributed by atoms with van der Waals surface area (Å²) in [5, 5.41) is 3.39. The fourth-order valence-corrected chi connectivity index (χ4v) is 1.26. The molecule has 3 nitrogen and oxygen atoms in total. The van der Waals surface area contributed by atoms with Crippen LogP contribution in [0.25, 0.3) is 0 Å². The molecule has 1 aromatic rings. The van der Waals surface area contributed by atoms with Crippen molar-refractivity contribution in [3.63, 3.8) is 0 Å². The monoisotopic (exact) mass is 164 g/mol. The van der Waals surface area contributed by atoms with Crippen molar-refractivity contribution in [3.8, 4) is 0 Å². The van der Waals surface area contributed by atoms with Gasteiger partial charge in [0, 0.05) is 18.1 Å². The molecule has 0 saturated carbocycles. The summed E-state index contributed by atoms with van der Waals surface area (Å²) in [6.07, 6.45) is 3.57. The van der Waals surface area contributed by atoms with Crippen LogP contribution in [0.4, 0.5) is 5.69 Å². The SMILES string of the molecule is CC1(Nc2ccncc2)COC1. The van der Waals surface area contributed by atoms with E-state index in [1.54, 1.807) is 12.4 Å². The Labute approximate surface area is 71.8 Å². The molecule has 0 aliphatic carbocycles. The van der Waals surface area contributed by atoms with E-state index in [1.165, 1.54) is 0 Å². The second kappa shape index (κ2) is 2.75. The molecule has 0 atom stereocenters. The minimum atomic E-state index is 0.126. The van der Waals surface area contributed by atoms with E-state index >= 15 is 0 Å². The van der Waals surface area contributed by atoms with Gasteiger partial charge in [-0.1, -0.05) is 0 Å². The molecule has 1 aromatic heterocycles. The van der Waals surface area contributed by atoms with Gasteiger partial charge in [-0.3, -0.25) is 4.98 Å². The van der Waals surface area contributed by atoms with Crippen molar-refractivity contribution in [1.82, 2.24) is 4.98 Å². The Kier molecular flexibility index (Phi) is 1.73. The van der Waals surface area contributed by atoms with Crippen molar-refractivity contribution in [2.45, 2.75) is 12.5 Å². The molecule has 0 spiro atoms. The van der Waals surface area contributed by atoms with Gasteiger partial charge in [-0.15, -0.1) is 0 Å². The minimum Gasteiger partial charge on any atom is -0.376 e. The highest BCUT2D eigenvalue weighted by Crippen LogP contribution is 2.21. The summed E-state index contributed by atoms with van der Waals surface area (Å²) in [5.41, 5.74) is 1.23. The molecule has 0 radical (unpaired) electrons. The minimum absolute atomic E-state index is 0.126. The second-order valence-electron chi connectivity index (χ2n) is 3.41. The van der Waals surface area contributed by atoms with E-state index in [2.05, 4.69) is 17.2 Å². The van der Waals surface area contributed by atoms with Crippen LogP contribution in [0.2, 0.25) is 0 Å². The average molecular weight is 164 g/mol. The van der Waals surface area contributed by atoms with Crippen molar-refractivity contribution < 1.29 is 4.74 Å². The number of aromatic nitrogens is 1. The van der Waals surface area contributed by atoms with E-state index in [0.29, 0.717) is 0 Å². The Balaban J connectivity index is 2.04. The Morgan fingerprint density at radius 2 is 2.08 bits per heavy atom. The molecule has 1 saturated heterocycles. The zero-order valence-electron chi connectivity index (χ0n) is 7.08. The lowest BCUT2D eigenvalue weighted by atomic mass is 10.0. The number of hydrogen-bond donors (Lipinski definition) is 1. The van der Waals surface area contributed by atoms with Gasteiger partial charge in [-0.25, -0.2) is 0 Å². The van der Waals surface area contributed by atoms with Crippen LogP contribution in [0.15, 0.2) is 24.5 Å². The maximum absolute atomic E-state index is 5.13. The number of nitrogens with zero attached hydrogens (tertiary/aromatic N) is 1. The number of nitrogens with one attached hydrogen (secondary N) is 1. The highest BCUT2D eigenvalue weighted by Gasteiger charge is 2.32. The molecule has 0 unspecified atom stereocenters. The highest BCUT2D eigenvalue weighted by molar-refractivity contribution is 5.44. The first kappa shape index (κ1) is 7.55. The Morgan fingerprint density at radius 1 is 1.42 bits per heavy atom. The van der Waals surface area contributed by atoms with E-state index < -0.39 is 0 Å². The van der Waals surface area contributed by atoms with Gasteiger partial charge in [0.15, 0.2) is 0 Å². The Hall–Kier alpha value is -1.09. The molecule has 1 aliphatic heterocycles. The number of rotatable bonds is 2. The van der Waals surface area contributed by atoms with Crippen LogP contribution in [-0.4, -0.2) is 23.7 Å². The van der Waals surface area contributed by atoms with Gasteiger partial charge in [0.1, 0.15) is 0 Å². The predicted octanol–water partition coefficient (Wildman–Crippen LogP) is 1.28. The van der Waals surface area contributed by atoms with E-state index in [9.17, 15) is 0 Å². The summed E-state index contributed by atoms with van der Waals surface area (Å²) in [5.74, 6) is 0. The zero-order chi connectivity index (χ0) is 8.44. The van der Waals surface area contributed by atoms with Crippen LogP contribution >= 0.6 is 0 Å². The normalized spacial score (nSPS) is 19.8. The third-order valence-corrected chi connectivity index (χ3v) is 1.97. The fourth-order valence-electron chi connectivity index (χ4n) is 1.26. The van der Waals surface area contributed by atoms with Crippen LogP contribution in [0.1, 0.15) is 6.92 Å². The highest BCUT2D eigenvalue weighted by atomic mass is 16.5. The van der Waals surface area contributed by atoms with Crippen molar-refractivity contribution in [1.29, 1.82) is 0 Å². The Bertz CT molecular complexity index is 256. The average Bonchev–Trinajstić information content (AvgIpc) is 2.04. The van der Waals surface area contributed by atoms with E-state index in [-0.39, 0.29) is 5.54 Å². The maximum atomic E-state index is 5.13. The molecule has 1 fully saturated rings. The molecule has 2 rings (SSSR count). The van der Waals surface area contributed by atoms with Crippen LogP contribution < -0.4 is 5.32 Å². The molecule has 0 amide bonds. The smallest absolute Gasteiger partial charge is 0.0811 e. The summed E-state index contributed by atoms with van der Waals surface area (Å²) in [7, 11) is 0. The Morgan fingerprint density at radius 3 is 2.58 bits per heavy atom. The molecule has 12 heavy (non-hydrogen) atoms. The van der Waals surface area contributed by atoms with E-state index in [4.69, 9.17) is 4.74 Å². The molecular weight excluding hydrogens is 152 g/mol. The molecule has 0 bridgehead atoms. The van der Waals surface area contributed by atoms with Crippen LogP contribution in [0, 0.1) is 0 Å². The number of anilines is 1. The molecule has 0 aromatic carbocycles. The second-order valence-corrected chi connectivity index (χ2v) is 3.41. The van der Waals surface area contributed by atoms with Gasteiger partial charge in [-0.2, -0.15) is 0 Å². The number of hydrogen-bond acceptors (Lipinski definition) is 3. The van der Waals surface area contributed by atoms with Crippen LogP contribution in [-0.2, 0) is 4.74 Å². The van der Waals surface area contributed by atoms with Gasteiger partial charge >= 0.3 is 0 Å². The van der Waals surface area contributed by atoms with Gasteiger partial charge in [0.2, 0.25) is 0 Å². The lowest BCUT2D eigenvalue weighted by Gasteiger charge is -2.39. The van der Waals surface area contributed by atoms with Crippen LogP contribution in [0.3, 0.4) is 0 Å². The summed E-state index contributed by atoms with van der Waals surface area (Å²) >= 11 is 0. The molecule has 3 heteroatoms. The first-order chi connectivity index (χ1) is 5.79. The summed E-state index contributed by atoms with van der Waals surface area (Å²) in [4.78, 5) is 3.95. The van der Waals surface area contributed by atoms with E-state index in [0.717, 1.165) is 18.9 Å². The lowest BCUT2D eigenvalue weighted by molar-refractivity contribution is -0.0318. The molecule has 64 valence electrons. The number of ether oxygens (including phenoxy) is 1. The zero-order valence-corrected chi connectivity index (χ0v) is 7.08. The molecular formula is C9H12N2O. The predicted molar refractivity (Wildman–Crippen MR) is 47.1 cm³/mol. The van der Waals surface area contributed by atoms with Gasteiger partial charge in [-0.05, 0) is 19.1 Å². The van der Waals surface area contributed by atoms with Crippen molar-refractivity contribution in [2.24, 2.45) is 0 Å². The lowest BCUT2D eigenvalue weighted by Crippen LogP contribution is -2.53. The first-order valence-electron chi connectivity index (χ1n) is 4.04. The van der Waals surface area contributed by atoms with Gasteiger partial charge in [0.05, 0.1) is 18.8 Å². The quantitative estimate of drug-likeness (QED) is 0.715. The largest absolute Gasteiger partial charge is 0.376 e. The first-order valence-corrected chi connectivity index (χ1v) is 4.04. The summed E-state index contributed by atoms with van der Waals surface area (Å²) in [6, 6.07) is 3.92. The third-order valence-electron chi connectivity index (χ3n) is 1.97. The van der Waals surface area contributed by atoms with Crippen molar-refractivity contribution in [3.05, 3.63) is 24.5 Å². The third kappa shape index (κ3) is 1.41. The summed E-state index contributed by atoms with van der Waals surface area (Å²) < 4.78 is 5.13. The van der Waals surface area contributed by atoms with Crippen LogP contribution in [0.5, 0.6) is 0 Å². The van der Waals surface area contributed by atoms with Gasteiger partial charge in [0.25, 0.3) is 0 Å². The molecule has 2 heterocycles.